The Balaban J connectivity index is 1.70. The number of carboxylic acids is 1. The van der Waals surface area contributed by atoms with E-state index < -0.39 is 42.0 Å². The van der Waals surface area contributed by atoms with Crippen molar-refractivity contribution < 1.29 is 29.4 Å². The number of hydrogen-bond acceptors (Lipinski definition) is 7. The zero-order chi connectivity index (χ0) is 27.8. The molecule has 1 aromatic heterocycles. The van der Waals surface area contributed by atoms with Crippen molar-refractivity contribution in [3.8, 4) is 5.75 Å². The third-order valence-electron chi connectivity index (χ3n) is 6.48. The second-order valence-electron chi connectivity index (χ2n) is 10.0. The average molecular weight is 529 g/mol. The van der Waals surface area contributed by atoms with Crippen LogP contribution in [0.3, 0.4) is 0 Å². The van der Waals surface area contributed by atoms with Gasteiger partial charge in [-0.25, -0.2) is 9.78 Å². The van der Waals surface area contributed by atoms with E-state index in [2.05, 4.69) is 20.6 Å². The lowest BCUT2D eigenvalue weighted by atomic mass is 10.0. The lowest BCUT2D eigenvalue weighted by Gasteiger charge is -2.28. The van der Waals surface area contributed by atoms with E-state index in [1.54, 1.807) is 12.1 Å². The molecule has 1 saturated heterocycles. The van der Waals surface area contributed by atoms with Crippen molar-refractivity contribution in [3.05, 3.63) is 48.0 Å². The van der Waals surface area contributed by atoms with E-state index in [4.69, 9.17) is 5.73 Å². The first-order valence-electron chi connectivity index (χ1n) is 12.7. The van der Waals surface area contributed by atoms with Gasteiger partial charge in [-0.05, 0) is 49.3 Å². The van der Waals surface area contributed by atoms with Crippen LogP contribution >= 0.6 is 0 Å². The Morgan fingerprint density at radius 1 is 1.13 bits per heavy atom. The van der Waals surface area contributed by atoms with Gasteiger partial charge in [0.05, 0.1) is 12.4 Å². The number of phenols is 1. The van der Waals surface area contributed by atoms with Gasteiger partial charge in [0.25, 0.3) is 0 Å². The van der Waals surface area contributed by atoms with Crippen LogP contribution in [0.25, 0.3) is 0 Å². The molecular weight excluding hydrogens is 492 g/mol. The number of aromatic hydroxyl groups is 1. The topological polar surface area (TPSA) is 191 Å². The maximum Gasteiger partial charge on any atom is 0.326 e. The SMILES string of the molecule is CC(C)CC(NC(=O)C(Cc1cnc[nH]1)NC(=O)C1CCCN1C(=O)C(N)Cc1ccc(O)cc1)C(=O)O. The number of imidazole rings is 1. The second kappa shape index (κ2) is 13.0. The third kappa shape index (κ3) is 7.78. The molecule has 0 bridgehead atoms. The number of nitrogens with zero attached hydrogens (tertiary/aromatic N) is 2. The molecule has 1 aliphatic heterocycles. The highest BCUT2D eigenvalue weighted by atomic mass is 16.4. The van der Waals surface area contributed by atoms with E-state index in [9.17, 15) is 29.4 Å². The van der Waals surface area contributed by atoms with E-state index in [1.807, 2.05) is 13.8 Å². The molecule has 2 heterocycles. The molecule has 12 heteroatoms. The Labute approximate surface area is 221 Å². The summed E-state index contributed by atoms with van der Waals surface area (Å²) in [5, 5.41) is 24.3. The zero-order valence-corrected chi connectivity index (χ0v) is 21.6. The molecule has 206 valence electrons. The number of amides is 3. The fourth-order valence-electron chi connectivity index (χ4n) is 4.55. The van der Waals surface area contributed by atoms with Gasteiger partial charge in [0.15, 0.2) is 0 Å². The van der Waals surface area contributed by atoms with Crippen molar-refractivity contribution in [2.75, 3.05) is 6.54 Å². The molecule has 0 saturated carbocycles. The van der Waals surface area contributed by atoms with Crippen molar-refractivity contribution in [3.63, 3.8) is 0 Å². The molecule has 0 spiro atoms. The molecule has 38 heavy (non-hydrogen) atoms. The highest BCUT2D eigenvalue weighted by Crippen LogP contribution is 2.20. The van der Waals surface area contributed by atoms with E-state index in [0.717, 1.165) is 5.56 Å². The van der Waals surface area contributed by atoms with Crippen LogP contribution in [0.1, 0.15) is 44.4 Å². The molecule has 4 unspecified atom stereocenters. The van der Waals surface area contributed by atoms with Crippen LogP contribution in [-0.2, 0) is 32.0 Å². The normalized spacial score (nSPS) is 17.6. The number of benzene rings is 1. The number of nitrogens with two attached hydrogens (primary N) is 1. The molecular formula is C26H36N6O6. The summed E-state index contributed by atoms with van der Waals surface area (Å²) in [6, 6.07) is 2.50. The van der Waals surface area contributed by atoms with Crippen molar-refractivity contribution in [1.82, 2.24) is 25.5 Å². The Hall–Kier alpha value is -3.93. The standard InChI is InChI=1S/C26H36N6O6/c1-15(2)10-21(26(37)38)31-23(34)20(12-17-13-28-14-29-17)30-24(35)22-4-3-9-32(22)25(36)19(27)11-16-5-7-18(33)8-6-16/h5-8,13-15,19-22,33H,3-4,9-12,27H2,1-2H3,(H,28,29)(H,30,35)(H,31,34)(H,37,38). The number of carbonyl (C=O) groups is 4. The van der Waals surface area contributed by atoms with Crippen LogP contribution < -0.4 is 16.4 Å². The Bertz CT molecular complexity index is 1100. The molecule has 3 rings (SSSR count). The first kappa shape index (κ1) is 28.6. The quantitative estimate of drug-likeness (QED) is 0.227. The molecule has 0 aliphatic carbocycles. The number of aromatic amines is 1. The summed E-state index contributed by atoms with van der Waals surface area (Å²) in [7, 11) is 0. The van der Waals surface area contributed by atoms with E-state index in [0.29, 0.717) is 25.1 Å². The molecule has 12 nitrogen and oxygen atoms in total. The largest absolute Gasteiger partial charge is 0.508 e. The maximum absolute atomic E-state index is 13.3. The maximum atomic E-state index is 13.3. The third-order valence-corrected chi connectivity index (χ3v) is 6.48. The predicted octanol–water partition coefficient (Wildman–Crippen LogP) is 0.319. The summed E-state index contributed by atoms with van der Waals surface area (Å²) >= 11 is 0. The minimum atomic E-state index is -1.16. The second-order valence-corrected chi connectivity index (χ2v) is 10.0. The van der Waals surface area contributed by atoms with E-state index >= 15 is 0 Å². The van der Waals surface area contributed by atoms with Crippen molar-refractivity contribution in [1.29, 1.82) is 0 Å². The summed E-state index contributed by atoms with van der Waals surface area (Å²) in [6.07, 6.45) is 4.50. The monoisotopic (exact) mass is 528 g/mol. The molecule has 4 atom stereocenters. The number of H-pyrrole nitrogens is 1. The van der Waals surface area contributed by atoms with Gasteiger partial charge in [0, 0.05) is 24.9 Å². The number of carboxylic acid groups (broad SMARTS) is 1. The van der Waals surface area contributed by atoms with Gasteiger partial charge in [0.2, 0.25) is 17.7 Å². The number of hydrogen-bond donors (Lipinski definition) is 6. The first-order valence-corrected chi connectivity index (χ1v) is 12.7. The van der Waals surface area contributed by atoms with Crippen LogP contribution in [0, 0.1) is 5.92 Å². The lowest BCUT2D eigenvalue weighted by molar-refractivity contribution is -0.143. The number of aliphatic carboxylic acids is 1. The van der Waals surface area contributed by atoms with Gasteiger partial charge in [-0.1, -0.05) is 26.0 Å². The number of nitrogens with one attached hydrogen (secondary N) is 3. The van der Waals surface area contributed by atoms with Gasteiger partial charge in [-0.2, -0.15) is 0 Å². The lowest BCUT2D eigenvalue weighted by Crippen LogP contribution is -2.57. The molecule has 1 fully saturated rings. The van der Waals surface area contributed by atoms with Gasteiger partial charge < -0.3 is 36.5 Å². The van der Waals surface area contributed by atoms with Crippen LogP contribution in [0.15, 0.2) is 36.8 Å². The Morgan fingerprint density at radius 3 is 2.45 bits per heavy atom. The van der Waals surface area contributed by atoms with Crippen molar-refractivity contribution >= 4 is 23.7 Å². The molecule has 2 aromatic rings. The van der Waals surface area contributed by atoms with Gasteiger partial charge in [-0.3, -0.25) is 14.4 Å². The molecule has 0 radical (unpaired) electrons. The minimum absolute atomic E-state index is 0.0286. The highest BCUT2D eigenvalue weighted by Gasteiger charge is 2.38. The summed E-state index contributed by atoms with van der Waals surface area (Å²) < 4.78 is 0. The molecule has 7 N–H and O–H groups in total. The number of aromatic nitrogens is 2. The van der Waals surface area contributed by atoms with E-state index in [-0.39, 0.29) is 36.8 Å². The first-order chi connectivity index (χ1) is 18.0. The molecule has 1 aromatic carbocycles. The van der Waals surface area contributed by atoms with Gasteiger partial charge in [-0.15, -0.1) is 0 Å². The summed E-state index contributed by atoms with van der Waals surface area (Å²) in [4.78, 5) is 59.5. The minimum Gasteiger partial charge on any atom is -0.508 e. The van der Waals surface area contributed by atoms with Crippen LogP contribution in [0.2, 0.25) is 0 Å². The number of carbonyl (C=O) groups excluding carboxylic acids is 3. The number of likely N-dealkylation sites (tertiary alicyclic amines) is 1. The van der Waals surface area contributed by atoms with Crippen LogP contribution in [0.4, 0.5) is 0 Å². The highest BCUT2D eigenvalue weighted by molar-refractivity contribution is 5.94. The molecule has 1 aliphatic rings. The van der Waals surface area contributed by atoms with E-state index in [1.165, 1.54) is 29.6 Å². The summed E-state index contributed by atoms with van der Waals surface area (Å²) in [5.74, 6) is -2.55. The van der Waals surface area contributed by atoms with Crippen LogP contribution in [0.5, 0.6) is 5.75 Å². The zero-order valence-electron chi connectivity index (χ0n) is 21.6. The van der Waals surface area contributed by atoms with Crippen LogP contribution in [-0.4, -0.2) is 79.5 Å². The number of rotatable bonds is 12. The van der Waals surface area contributed by atoms with Crippen molar-refractivity contribution in [2.45, 2.75) is 70.1 Å². The van der Waals surface area contributed by atoms with Gasteiger partial charge in [0.1, 0.15) is 23.9 Å². The molecule has 3 amide bonds. The fraction of sp³-hybridized carbons (Fsp3) is 0.500. The number of phenolic OH excluding ortho intramolecular Hbond substituents is 1. The smallest absolute Gasteiger partial charge is 0.326 e. The summed E-state index contributed by atoms with van der Waals surface area (Å²) in [5.41, 5.74) is 7.53. The van der Waals surface area contributed by atoms with Gasteiger partial charge >= 0.3 is 5.97 Å². The average Bonchev–Trinajstić information content (AvgIpc) is 3.56. The Morgan fingerprint density at radius 2 is 1.84 bits per heavy atom. The fourth-order valence-corrected chi connectivity index (χ4v) is 4.55. The summed E-state index contributed by atoms with van der Waals surface area (Å²) in [6.45, 7) is 4.06. The Kier molecular flexibility index (Phi) is 9.83. The predicted molar refractivity (Wildman–Crippen MR) is 138 cm³/mol. The van der Waals surface area contributed by atoms with Crippen molar-refractivity contribution in [2.24, 2.45) is 11.7 Å².